The van der Waals surface area contributed by atoms with E-state index in [2.05, 4.69) is 18.9 Å². The van der Waals surface area contributed by atoms with Crippen molar-refractivity contribution in [3.63, 3.8) is 0 Å². The minimum Gasteiger partial charge on any atom is -0.330 e. The topological polar surface area (TPSA) is 56.7 Å². The quantitative estimate of drug-likeness (QED) is 0.851. The van der Waals surface area contributed by atoms with Crippen LogP contribution in [0.2, 0.25) is 0 Å². The van der Waals surface area contributed by atoms with Crippen molar-refractivity contribution in [2.75, 3.05) is 6.54 Å². The zero-order valence-corrected chi connectivity index (χ0v) is 13.3. The molecule has 114 valence electrons. The molecule has 4 nitrogen and oxygen atoms in total. The first-order valence-electron chi connectivity index (χ1n) is 7.77. The van der Waals surface area contributed by atoms with Gasteiger partial charge in [-0.1, -0.05) is 44.2 Å². The number of aryl methyl sites for hydroxylation is 2. The smallest absolute Gasteiger partial charge is 0.181 e. The van der Waals surface area contributed by atoms with Gasteiger partial charge >= 0.3 is 0 Å². The van der Waals surface area contributed by atoms with Crippen LogP contribution in [0.25, 0.3) is 11.4 Å². The van der Waals surface area contributed by atoms with Crippen LogP contribution in [-0.2, 0) is 13.5 Å². The van der Waals surface area contributed by atoms with E-state index in [1.165, 1.54) is 0 Å². The molecule has 2 N–H and O–H groups in total. The molecule has 0 aliphatic heterocycles. The van der Waals surface area contributed by atoms with Gasteiger partial charge in [0.05, 0.1) is 0 Å². The highest BCUT2D eigenvalue weighted by atomic mass is 15.3. The van der Waals surface area contributed by atoms with Crippen LogP contribution in [0.4, 0.5) is 0 Å². The lowest BCUT2D eigenvalue weighted by Gasteiger charge is -2.19. The second kappa shape index (κ2) is 7.36. The maximum atomic E-state index is 5.71. The van der Waals surface area contributed by atoms with E-state index in [1.807, 2.05) is 42.1 Å². The molecule has 0 radical (unpaired) electrons. The first kappa shape index (κ1) is 15.7. The van der Waals surface area contributed by atoms with Crippen molar-refractivity contribution in [1.82, 2.24) is 14.8 Å². The minimum atomic E-state index is 0.659. The number of benzene rings is 1. The van der Waals surface area contributed by atoms with Crippen LogP contribution in [0.3, 0.4) is 0 Å². The molecule has 0 bridgehead atoms. The Hall–Kier alpha value is -1.68. The highest BCUT2D eigenvalue weighted by Gasteiger charge is 2.15. The molecular weight excluding hydrogens is 260 g/mol. The molecule has 21 heavy (non-hydrogen) atoms. The molecule has 2 rings (SSSR count). The van der Waals surface area contributed by atoms with E-state index in [1.54, 1.807) is 0 Å². The van der Waals surface area contributed by atoms with Gasteiger partial charge in [0.15, 0.2) is 5.82 Å². The monoisotopic (exact) mass is 286 g/mol. The molecule has 0 aliphatic carbocycles. The highest BCUT2D eigenvalue weighted by molar-refractivity contribution is 5.53. The van der Waals surface area contributed by atoms with E-state index < -0.39 is 0 Å². The van der Waals surface area contributed by atoms with Crippen LogP contribution < -0.4 is 5.73 Å². The average molecular weight is 286 g/mol. The number of hydrogen-bond acceptors (Lipinski definition) is 3. The summed E-state index contributed by atoms with van der Waals surface area (Å²) in [5, 5.41) is 4.53. The summed E-state index contributed by atoms with van der Waals surface area (Å²) in [6, 6.07) is 10.1. The van der Waals surface area contributed by atoms with Crippen LogP contribution in [0.15, 0.2) is 30.3 Å². The second-order valence-electron chi connectivity index (χ2n) is 5.96. The zero-order chi connectivity index (χ0) is 15.2. The fourth-order valence-corrected chi connectivity index (χ4v) is 2.68. The van der Waals surface area contributed by atoms with E-state index in [-0.39, 0.29) is 0 Å². The van der Waals surface area contributed by atoms with Crippen LogP contribution >= 0.6 is 0 Å². The summed E-state index contributed by atoms with van der Waals surface area (Å²) < 4.78 is 1.90. The number of nitrogens with zero attached hydrogens (tertiary/aromatic N) is 3. The third kappa shape index (κ3) is 4.14. The summed E-state index contributed by atoms with van der Waals surface area (Å²) in [6.07, 6.45) is 3.16. The van der Waals surface area contributed by atoms with Gasteiger partial charge in [-0.15, -0.1) is 0 Å². The predicted molar refractivity (Wildman–Crippen MR) is 86.8 cm³/mol. The molecule has 1 atom stereocenters. The van der Waals surface area contributed by atoms with Crippen LogP contribution in [0, 0.1) is 11.8 Å². The van der Waals surface area contributed by atoms with Crippen molar-refractivity contribution in [3.05, 3.63) is 36.2 Å². The lowest BCUT2D eigenvalue weighted by molar-refractivity contribution is 0.337. The van der Waals surface area contributed by atoms with Crippen LogP contribution in [-0.4, -0.2) is 21.3 Å². The first-order valence-corrected chi connectivity index (χ1v) is 7.77. The molecular formula is C17H26N4. The van der Waals surface area contributed by atoms with Gasteiger partial charge in [-0.25, -0.2) is 4.98 Å². The Morgan fingerprint density at radius 3 is 2.48 bits per heavy atom. The SMILES string of the molecule is CC(C)C(CCN)CCc1nc(-c2ccccc2)nn1C. The third-order valence-corrected chi connectivity index (χ3v) is 4.10. The molecule has 0 amide bonds. The van der Waals surface area contributed by atoms with Crippen molar-refractivity contribution in [2.24, 2.45) is 24.6 Å². The molecule has 0 aliphatic rings. The lowest BCUT2D eigenvalue weighted by Crippen LogP contribution is -2.16. The van der Waals surface area contributed by atoms with Crippen LogP contribution in [0.1, 0.15) is 32.5 Å². The maximum absolute atomic E-state index is 5.71. The van der Waals surface area contributed by atoms with Crippen molar-refractivity contribution in [3.8, 4) is 11.4 Å². The van der Waals surface area contributed by atoms with Gasteiger partial charge in [0.2, 0.25) is 0 Å². The van der Waals surface area contributed by atoms with E-state index in [0.717, 1.165) is 43.0 Å². The summed E-state index contributed by atoms with van der Waals surface area (Å²) in [5.74, 6) is 3.19. The Morgan fingerprint density at radius 1 is 1.14 bits per heavy atom. The molecule has 1 aromatic carbocycles. The Labute approximate surface area is 127 Å². The molecule has 0 fully saturated rings. The van der Waals surface area contributed by atoms with Gasteiger partial charge in [0.1, 0.15) is 5.82 Å². The van der Waals surface area contributed by atoms with Crippen molar-refractivity contribution in [2.45, 2.75) is 33.1 Å². The largest absolute Gasteiger partial charge is 0.330 e. The van der Waals surface area contributed by atoms with Crippen molar-refractivity contribution < 1.29 is 0 Å². The Bertz CT molecular complexity index is 545. The first-order chi connectivity index (χ1) is 10.1. The van der Waals surface area contributed by atoms with Crippen molar-refractivity contribution in [1.29, 1.82) is 0 Å². The van der Waals surface area contributed by atoms with E-state index in [9.17, 15) is 0 Å². The molecule has 1 heterocycles. The Balaban J connectivity index is 2.06. The van der Waals surface area contributed by atoms with Gasteiger partial charge in [-0.05, 0) is 31.2 Å². The summed E-state index contributed by atoms with van der Waals surface area (Å²) in [6.45, 7) is 5.30. The number of hydrogen-bond donors (Lipinski definition) is 1. The Morgan fingerprint density at radius 2 is 1.86 bits per heavy atom. The van der Waals surface area contributed by atoms with Crippen LogP contribution in [0.5, 0.6) is 0 Å². The summed E-state index contributed by atoms with van der Waals surface area (Å²) in [5.41, 5.74) is 6.78. The predicted octanol–water partition coefficient (Wildman–Crippen LogP) is 3.04. The highest BCUT2D eigenvalue weighted by Crippen LogP contribution is 2.21. The molecule has 4 heteroatoms. The number of nitrogens with two attached hydrogens (primary N) is 1. The van der Waals surface area contributed by atoms with Gasteiger partial charge in [0, 0.05) is 19.0 Å². The normalized spacial score (nSPS) is 12.8. The summed E-state index contributed by atoms with van der Waals surface area (Å²) in [4.78, 5) is 4.69. The Kier molecular flexibility index (Phi) is 5.51. The fraction of sp³-hybridized carbons (Fsp3) is 0.529. The maximum Gasteiger partial charge on any atom is 0.181 e. The van der Waals surface area contributed by atoms with E-state index in [4.69, 9.17) is 10.7 Å². The summed E-state index contributed by atoms with van der Waals surface area (Å²) >= 11 is 0. The van der Waals surface area contributed by atoms with E-state index in [0.29, 0.717) is 11.8 Å². The average Bonchev–Trinajstić information content (AvgIpc) is 2.85. The van der Waals surface area contributed by atoms with Gasteiger partial charge < -0.3 is 5.73 Å². The summed E-state index contributed by atoms with van der Waals surface area (Å²) in [7, 11) is 1.97. The number of rotatable bonds is 7. The second-order valence-corrected chi connectivity index (χ2v) is 5.96. The van der Waals surface area contributed by atoms with Gasteiger partial charge in [0.25, 0.3) is 0 Å². The van der Waals surface area contributed by atoms with Gasteiger partial charge in [-0.3, -0.25) is 4.68 Å². The standard InChI is InChI=1S/C17H26N4/c1-13(2)14(11-12-18)9-10-16-19-17(20-21(16)3)15-7-5-4-6-8-15/h4-8,13-14H,9-12,18H2,1-3H3. The van der Waals surface area contributed by atoms with Crippen molar-refractivity contribution >= 4 is 0 Å². The molecule has 0 saturated heterocycles. The lowest BCUT2D eigenvalue weighted by atomic mass is 9.88. The number of aromatic nitrogens is 3. The van der Waals surface area contributed by atoms with E-state index >= 15 is 0 Å². The molecule has 0 saturated carbocycles. The molecule has 2 aromatic rings. The minimum absolute atomic E-state index is 0.659. The third-order valence-electron chi connectivity index (χ3n) is 4.10. The molecule has 0 spiro atoms. The fourth-order valence-electron chi connectivity index (χ4n) is 2.68. The zero-order valence-electron chi connectivity index (χ0n) is 13.3. The molecule has 1 unspecified atom stereocenters. The van der Waals surface area contributed by atoms with Gasteiger partial charge in [-0.2, -0.15) is 5.10 Å². The molecule has 1 aromatic heterocycles.